The molecular formula is C12H16ClNO2S. The summed E-state index contributed by atoms with van der Waals surface area (Å²) in [5.41, 5.74) is 6.00. The van der Waals surface area contributed by atoms with Crippen molar-refractivity contribution in [2.45, 2.75) is 30.6 Å². The van der Waals surface area contributed by atoms with Crippen molar-refractivity contribution in [2.75, 3.05) is 11.5 Å². The Bertz CT molecular complexity index is 507. The number of anilines is 1. The van der Waals surface area contributed by atoms with Crippen LogP contribution in [0.4, 0.5) is 5.69 Å². The van der Waals surface area contributed by atoms with Crippen LogP contribution in [0.2, 0.25) is 5.02 Å². The quantitative estimate of drug-likeness (QED) is 0.862. The smallest absolute Gasteiger partial charge is 0.180 e. The molecule has 0 unspecified atom stereocenters. The van der Waals surface area contributed by atoms with Gasteiger partial charge in [-0.25, -0.2) is 8.42 Å². The van der Waals surface area contributed by atoms with Gasteiger partial charge in [-0.05, 0) is 37.0 Å². The lowest BCUT2D eigenvalue weighted by molar-refractivity contribution is 0.559. The van der Waals surface area contributed by atoms with Crippen LogP contribution in [-0.2, 0) is 9.84 Å². The molecule has 1 aliphatic rings. The fraction of sp³-hybridized carbons (Fsp3) is 0.500. The molecule has 0 bridgehead atoms. The molecule has 1 aliphatic carbocycles. The van der Waals surface area contributed by atoms with Crippen LogP contribution in [0.25, 0.3) is 0 Å². The summed E-state index contributed by atoms with van der Waals surface area (Å²) in [7, 11) is -3.31. The van der Waals surface area contributed by atoms with Gasteiger partial charge in [-0.2, -0.15) is 0 Å². The van der Waals surface area contributed by atoms with Crippen molar-refractivity contribution in [1.82, 2.24) is 0 Å². The molecule has 0 heterocycles. The first-order valence-corrected chi connectivity index (χ1v) is 7.80. The van der Waals surface area contributed by atoms with Gasteiger partial charge in [0.05, 0.1) is 16.3 Å². The van der Waals surface area contributed by atoms with Gasteiger partial charge in [0.2, 0.25) is 0 Å². The largest absolute Gasteiger partial charge is 0.398 e. The Balaban J connectivity index is 2.27. The van der Waals surface area contributed by atoms with E-state index >= 15 is 0 Å². The summed E-state index contributed by atoms with van der Waals surface area (Å²) in [6.07, 6.45) is 4.26. The number of nitrogen functional groups attached to an aromatic ring is 1. The van der Waals surface area contributed by atoms with E-state index < -0.39 is 9.84 Å². The Labute approximate surface area is 107 Å². The molecule has 0 aliphatic heterocycles. The van der Waals surface area contributed by atoms with Crippen molar-refractivity contribution >= 4 is 27.1 Å². The van der Waals surface area contributed by atoms with Crippen LogP contribution in [-0.4, -0.2) is 14.2 Å². The lowest BCUT2D eigenvalue weighted by Gasteiger charge is -2.12. The number of hydrogen-bond acceptors (Lipinski definition) is 3. The maximum atomic E-state index is 12.2. The van der Waals surface area contributed by atoms with Gasteiger partial charge in [-0.3, -0.25) is 0 Å². The van der Waals surface area contributed by atoms with E-state index in [9.17, 15) is 8.42 Å². The highest BCUT2D eigenvalue weighted by molar-refractivity contribution is 7.91. The molecule has 94 valence electrons. The van der Waals surface area contributed by atoms with Gasteiger partial charge in [-0.15, -0.1) is 0 Å². The molecule has 2 N–H and O–H groups in total. The van der Waals surface area contributed by atoms with E-state index in [-0.39, 0.29) is 22.3 Å². The van der Waals surface area contributed by atoms with Gasteiger partial charge in [0.15, 0.2) is 9.84 Å². The fourth-order valence-corrected chi connectivity index (χ4v) is 4.46. The minimum atomic E-state index is -3.31. The first-order valence-electron chi connectivity index (χ1n) is 5.77. The van der Waals surface area contributed by atoms with Crippen molar-refractivity contribution in [3.63, 3.8) is 0 Å². The molecular weight excluding hydrogens is 258 g/mol. The lowest BCUT2D eigenvalue weighted by atomic mass is 10.1. The second-order valence-electron chi connectivity index (χ2n) is 4.61. The Morgan fingerprint density at radius 3 is 2.59 bits per heavy atom. The molecule has 5 heteroatoms. The molecule has 0 atom stereocenters. The Morgan fingerprint density at radius 2 is 1.94 bits per heavy atom. The van der Waals surface area contributed by atoms with Crippen molar-refractivity contribution in [2.24, 2.45) is 5.92 Å². The van der Waals surface area contributed by atoms with E-state index in [0.29, 0.717) is 5.02 Å². The fourth-order valence-electron chi connectivity index (χ4n) is 2.35. The van der Waals surface area contributed by atoms with E-state index in [0.717, 1.165) is 25.7 Å². The van der Waals surface area contributed by atoms with E-state index in [2.05, 4.69) is 0 Å². The molecule has 0 aromatic heterocycles. The summed E-state index contributed by atoms with van der Waals surface area (Å²) in [4.78, 5) is 0.178. The first-order chi connectivity index (χ1) is 7.99. The normalized spacial score (nSPS) is 17.5. The summed E-state index contributed by atoms with van der Waals surface area (Å²) < 4.78 is 24.4. The van der Waals surface area contributed by atoms with Gasteiger partial charge >= 0.3 is 0 Å². The second-order valence-corrected chi connectivity index (χ2v) is 7.05. The summed E-state index contributed by atoms with van der Waals surface area (Å²) >= 11 is 5.82. The zero-order valence-electron chi connectivity index (χ0n) is 9.52. The van der Waals surface area contributed by atoms with Crippen LogP contribution in [0.1, 0.15) is 25.7 Å². The number of benzene rings is 1. The third kappa shape index (κ3) is 2.93. The predicted molar refractivity (Wildman–Crippen MR) is 69.9 cm³/mol. The van der Waals surface area contributed by atoms with Crippen molar-refractivity contribution in [3.8, 4) is 0 Å². The van der Waals surface area contributed by atoms with Crippen LogP contribution in [0, 0.1) is 5.92 Å². The van der Waals surface area contributed by atoms with E-state index in [1.807, 2.05) is 0 Å². The van der Waals surface area contributed by atoms with E-state index in [1.54, 1.807) is 12.1 Å². The average molecular weight is 274 g/mol. The monoisotopic (exact) mass is 273 g/mol. The number of hydrogen-bond donors (Lipinski definition) is 1. The lowest BCUT2D eigenvalue weighted by Crippen LogP contribution is -2.15. The number of halogens is 1. The molecule has 2 rings (SSSR count). The molecule has 1 aromatic carbocycles. The highest BCUT2D eigenvalue weighted by Crippen LogP contribution is 2.30. The average Bonchev–Trinajstić information content (AvgIpc) is 2.73. The van der Waals surface area contributed by atoms with E-state index in [4.69, 9.17) is 17.3 Å². The molecule has 3 nitrogen and oxygen atoms in total. The van der Waals surface area contributed by atoms with Crippen molar-refractivity contribution < 1.29 is 8.42 Å². The molecule has 1 aromatic rings. The second kappa shape index (κ2) is 4.86. The van der Waals surface area contributed by atoms with Crippen molar-refractivity contribution in [3.05, 3.63) is 23.2 Å². The summed E-state index contributed by atoms with van der Waals surface area (Å²) in [6.45, 7) is 0. The first kappa shape index (κ1) is 12.7. The molecule has 0 radical (unpaired) electrons. The van der Waals surface area contributed by atoms with Gasteiger partial charge in [-0.1, -0.05) is 24.4 Å². The number of nitrogens with two attached hydrogens (primary N) is 1. The van der Waals surface area contributed by atoms with Gasteiger partial charge in [0, 0.05) is 5.02 Å². The summed E-state index contributed by atoms with van der Waals surface area (Å²) in [5, 5.41) is 0.407. The molecule has 0 spiro atoms. The highest BCUT2D eigenvalue weighted by atomic mass is 35.5. The molecule has 0 saturated heterocycles. The zero-order valence-corrected chi connectivity index (χ0v) is 11.1. The minimum Gasteiger partial charge on any atom is -0.398 e. The maximum Gasteiger partial charge on any atom is 0.180 e. The zero-order chi connectivity index (χ0) is 12.5. The van der Waals surface area contributed by atoms with Crippen LogP contribution in [0.3, 0.4) is 0 Å². The minimum absolute atomic E-state index is 0.178. The molecule has 1 fully saturated rings. The maximum absolute atomic E-state index is 12.2. The summed E-state index contributed by atoms with van der Waals surface area (Å²) in [5.74, 6) is 0.468. The van der Waals surface area contributed by atoms with Gasteiger partial charge in [0.1, 0.15) is 0 Å². The van der Waals surface area contributed by atoms with Gasteiger partial charge < -0.3 is 5.73 Å². The highest BCUT2D eigenvalue weighted by Gasteiger charge is 2.25. The van der Waals surface area contributed by atoms with Gasteiger partial charge in [0.25, 0.3) is 0 Å². The van der Waals surface area contributed by atoms with Crippen molar-refractivity contribution in [1.29, 1.82) is 0 Å². The molecule has 0 amide bonds. The topological polar surface area (TPSA) is 60.2 Å². The number of sulfone groups is 1. The van der Waals surface area contributed by atoms with Crippen LogP contribution in [0.15, 0.2) is 23.1 Å². The van der Waals surface area contributed by atoms with Crippen LogP contribution < -0.4 is 5.73 Å². The third-order valence-corrected chi connectivity index (χ3v) is 5.41. The van der Waals surface area contributed by atoms with Crippen LogP contribution in [0.5, 0.6) is 0 Å². The third-order valence-electron chi connectivity index (χ3n) is 3.24. The predicted octanol–water partition coefficient (Wildman–Crippen LogP) is 2.89. The summed E-state index contributed by atoms with van der Waals surface area (Å²) in [6, 6.07) is 4.59. The van der Waals surface area contributed by atoms with E-state index in [1.165, 1.54) is 6.07 Å². The Morgan fingerprint density at radius 1 is 1.29 bits per heavy atom. The molecule has 1 saturated carbocycles. The standard InChI is InChI=1S/C12H16ClNO2S/c13-10-5-6-11(14)12(7-10)17(15,16)8-9-3-1-2-4-9/h5-7,9H,1-4,8,14H2. The Hall–Kier alpha value is -0.740. The molecule has 17 heavy (non-hydrogen) atoms. The SMILES string of the molecule is Nc1ccc(Cl)cc1S(=O)(=O)CC1CCCC1. The van der Waals surface area contributed by atoms with Crippen LogP contribution >= 0.6 is 11.6 Å². The number of rotatable bonds is 3. The Kier molecular flexibility index (Phi) is 3.64.